The Hall–Kier alpha value is -2.85. The summed E-state index contributed by atoms with van der Waals surface area (Å²) in [5.74, 6) is -1.80. The summed E-state index contributed by atoms with van der Waals surface area (Å²) in [7, 11) is -4.64. The van der Waals surface area contributed by atoms with Crippen molar-refractivity contribution in [2.75, 3.05) is 26.4 Å². The number of phosphoric ester groups is 1. The Balaban J connectivity index is 4.30. The number of phosphoric acid groups is 1. The normalized spacial score (nSPS) is 14.6. The Labute approximate surface area is 371 Å². The molecular weight excluding hydrogens is 790 g/mol. The lowest BCUT2D eigenvalue weighted by Crippen LogP contribution is -2.34. The van der Waals surface area contributed by atoms with E-state index in [0.29, 0.717) is 13.0 Å². The Morgan fingerprint density at radius 2 is 0.951 bits per heavy atom. The van der Waals surface area contributed by atoms with Crippen molar-refractivity contribution in [3.05, 3.63) is 85.1 Å². The number of carboxylic acids is 1. The van der Waals surface area contributed by atoms with Gasteiger partial charge in [-0.3, -0.25) is 18.6 Å². The Morgan fingerprint density at radius 3 is 1.44 bits per heavy atom. The first-order valence-electron chi connectivity index (χ1n) is 23.6. The van der Waals surface area contributed by atoms with Crippen LogP contribution in [0.4, 0.5) is 0 Å². The molecule has 0 saturated carbocycles. The fourth-order valence-electron chi connectivity index (χ4n) is 6.01. The van der Waals surface area contributed by atoms with Gasteiger partial charge in [0.2, 0.25) is 0 Å². The number of hydrogen-bond acceptors (Lipinski definition) is 8. The summed E-state index contributed by atoms with van der Waals surface area (Å²) in [6.07, 6.45) is 57.8. The Kier molecular flexibility index (Phi) is 43.1. The largest absolute Gasteiger partial charge is 0.480 e. The molecule has 0 aliphatic heterocycles. The summed E-state index contributed by atoms with van der Waals surface area (Å²) in [5, 5.41) is 8.91. The molecule has 0 aromatic carbocycles. The van der Waals surface area contributed by atoms with Crippen molar-refractivity contribution in [3.8, 4) is 0 Å². The fraction of sp³-hybridized carbons (Fsp3) is 0.680. The van der Waals surface area contributed by atoms with E-state index in [1.807, 2.05) is 0 Å². The molecule has 61 heavy (non-hydrogen) atoms. The number of allylic oxidation sites excluding steroid dienone is 14. The number of nitrogens with two attached hydrogens (primary N) is 1. The topological polar surface area (TPSA) is 155 Å². The predicted octanol–water partition coefficient (Wildman–Crippen LogP) is 13.5. The van der Waals surface area contributed by atoms with Crippen molar-refractivity contribution in [2.45, 2.75) is 193 Å². The molecule has 0 aliphatic carbocycles. The van der Waals surface area contributed by atoms with Crippen molar-refractivity contribution in [2.24, 2.45) is 5.73 Å². The molecule has 0 rings (SSSR count). The zero-order valence-electron chi connectivity index (χ0n) is 38.2. The maximum Gasteiger partial charge on any atom is 0.472 e. The Morgan fingerprint density at radius 1 is 0.541 bits per heavy atom. The molecule has 4 N–H and O–H groups in total. The minimum absolute atomic E-state index is 0.0121. The van der Waals surface area contributed by atoms with Gasteiger partial charge < -0.3 is 25.2 Å². The number of unbranched alkanes of at least 4 members (excludes halogenated alkanes) is 16. The molecule has 3 unspecified atom stereocenters. The van der Waals surface area contributed by atoms with Crippen LogP contribution < -0.4 is 5.73 Å². The molecule has 0 aliphatic rings. The molecular formula is C50H86NO9P. The summed E-state index contributed by atoms with van der Waals surface area (Å²) in [6.45, 7) is 3.67. The number of aliphatic carboxylic acids is 1. The third-order valence-electron chi connectivity index (χ3n) is 9.66. The third kappa shape index (κ3) is 45.0. The van der Waals surface area contributed by atoms with E-state index < -0.39 is 45.1 Å². The van der Waals surface area contributed by atoms with E-state index in [-0.39, 0.29) is 13.0 Å². The molecule has 0 fully saturated rings. The van der Waals surface area contributed by atoms with Crippen LogP contribution in [0.15, 0.2) is 85.1 Å². The quantitative estimate of drug-likeness (QED) is 0.0233. The van der Waals surface area contributed by atoms with Gasteiger partial charge in [-0.1, -0.05) is 170 Å². The van der Waals surface area contributed by atoms with Gasteiger partial charge in [0.1, 0.15) is 12.1 Å². The summed E-state index contributed by atoms with van der Waals surface area (Å²) < 4.78 is 33.4. The fourth-order valence-corrected chi connectivity index (χ4v) is 6.79. The molecule has 3 atom stereocenters. The van der Waals surface area contributed by atoms with Crippen molar-refractivity contribution < 1.29 is 42.7 Å². The van der Waals surface area contributed by atoms with E-state index in [0.717, 1.165) is 89.9 Å². The third-order valence-corrected chi connectivity index (χ3v) is 10.6. The summed E-state index contributed by atoms with van der Waals surface area (Å²) in [5.41, 5.74) is 5.36. The molecule has 10 nitrogen and oxygen atoms in total. The molecule has 0 aromatic rings. The van der Waals surface area contributed by atoms with Crippen LogP contribution in [0.25, 0.3) is 0 Å². The van der Waals surface area contributed by atoms with E-state index in [1.54, 1.807) is 0 Å². The SMILES string of the molecule is CC/C=C\C/C=C\C/C=C\C/C=C\C/C=C\C/C=C\CCCCCOCC(COP(=O)(O)OCC(N)C(=O)O)OC(=O)CCCCCCCCC/C=C\CCCCCCCC. The average molecular weight is 876 g/mol. The zero-order chi connectivity index (χ0) is 44.8. The number of carbonyl (C=O) groups excluding carboxylic acids is 1. The molecule has 350 valence electrons. The lowest BCUT2D eigenvalue weighted by atomic mass is 10.1. The van der Waals surface area contributed by atoms with Crippen molar-refractivity contribution in [1.82, 2.24) is 0 Å². The van der Waals surface area contributed by atoms with Gasteiger partial charge in [-0.2, -0.15) is 0 Å². The molecule has 0 heterocycles. The molecule has 0 saturated heterocycles. The minimum Gasteiger partial charge on any atom is -0.480 e. The molecule has 0 amide bonds. The van der Waals surface area contributed by atoms with Crippen molar-refractivity contribution in [1.29, 1.82) is 0 Å². The van der Waals surface area contributed by atoms with Crippen LogP contribution in [0.2, 0.25) is 0 Å². The van der Waals surface area contributed by atoms with Crippen LogP contribution in [0, 0.1) is 0 Å². The van der Waals surface area contributed by atoms with Gasteiger partial charge in [0.25, 0.3) is 0 Å². The van der Waals surface area contributed by atoms with E-state index in [2.05, 4.69) is 98.9 Å². The first-order chi connectivity index (χ1) is 29.7. The first kappa shape index (κ1) is 58.1. The van der Waals surface area contributed by atoms with Gasteiger partial charge in [0, 0.05) is 13.0 Å². The molecule has 0 radical (unpaired) electrons. The number of hydrogen-bond donors (Lipinski definition) is 3. The maximum absolute atomic E-state index is 12.7. The summed E-state index contributed by atoms with van der Waals surface area (Å²) in [4.78, 5) is 33.6. The van der Waals surface area contributed by atoms with Crippen molar-refractivity contribution in [3.63, 3.8) is 0 Å². The van der Waals surface area contributed by atoms with Crippen molar-refractivity contribution >= 4 is 19.8 Å². The highest BCUT2D eigenvalue weighted by Crippen LogP contribution is 2.43. The Bertz CT molecular complexity index is 1290. The van der Waals surface area contributed by atoms with E-state index >= 15 is 0 Å². The van der Waals surface area contributed by atoms with Gasteiger partial charge in [-0.15, -0.1) is 0 Å². The second-order valence-corrected chi connectivity index (χ2v) is 17.0. The van der Waals surface area contributed by atoms with Gasteiger partial charge >= 0.3 is 19.8 Å². The van der Waals surface area contributed by atoms with Crippen LogP contribution in [-0.4, -0.2) is 60.5 Å². The maximum atomic E-state index is 12.7. The van der Waals surface area contributed by atoms with E-state index in [4.69, 9.17) is 29.4 Å². The van der Waals surface area contributed by atoms with Crippen LogP contribution >= 0.6 is 7.82 Å². The highest BCUT2D eigenvalue weighted by Gasteiger charge is 2.27. The molecule has 0 spiro atoms. The van der Waals surface area contributed by atoms with Gasteiger partial charge in [0.05, 0.1) is 19.8 Å². The highest BCUT2D eigenvalue weighted by atomic mass is 31.2. The van der Waals surface area contributed by atoms with Crippen LogP contribution in [-0.2, 0) is 32.7 Å². The summed E-state index contributed by atoms with van der Waals surface area (Å²) >= 11 is 0. The lowest BCUT2D eigenvalue weighted by Gasteiger charge is -2.20. The monoisotopic (exact) mass is 876 g/mol. The molecule has 0 bridgehead atoms. The first-order valence-corrected chi connectivity index (χ1v) is 25.1. The van der Waals surface area contributed by atoms with E-state index in [9.17, 15) is 19.0 Å². The molecule has 0 aromatic heterocycles. The van der Waals surface area contributed by atoms with Crippen LogP contribution in [0.1, 0.15) is 181 Å². The summed E-state index contributed by atoms with van der Waals surface area (Å²) in [6, 6.07) is -1.48. The minimum atomic E-state index is -4.64. The number of rotatable bonds is 44. The number of ether oxygens (including phenoxy) is 2. The van der Waals surface area contributed by atoms with Gasteiger partial charge in [-0.05, 0) is 89.9 Å². The van der Waals surface area contributed by atoms with Gasteiger partial charge in [0.15, 0.2) is 0 Å². The smallest absolute Gasteiger partial charge is 0.472 e. The number of carbonyl (C=O) groups is 2. The van der Waals surface area contributed by atoms with E-state index in [1.165, 1.54) is 64.2 Å². The second-order valence-electron chi connectivity index (χ2n) is 15.5. The molecule has 11 heteroatoms. The van der Waals surface area contributed by atoms with Crippen LogP contribution in [0.5, 0.6) is 0 Å². The average Bonchev–Trinajstić information content (AvgIpc) is 3.24. The number of carboxylic acid groups (broad SMARTS) is 1. The predicted molar refractivity (Wildman–Crippen MR) is 253 cm³/mol. The lowest BCUT2D eigenvalue weighted by molar-refractivity contribution is -0.154. The highest BCUT2D eigenvalue weighted by molar-refractivity contribution is 7.47. The van der Waals surface area contributed by atoms with Crippen LogP contribution in [0.3, 0.4) is 0 Å². The van der Waals surface area contributed by atoms with Gasteiger partial charge in [-0.25, -0.2) is 4.57 Å². The second kappa shape index (κ2) is 45.2. The number of esters is 1. The zero-order valence-corrected chi connectivity index (χ0v) is 39.1. The standard InChI is InChI=1S/C50H86NO9P/c1-3-5-7-9-11-13-15-17-19-21-22-23-24-25-27-29-31-33-35-37-39-41-43-57-44-47(45-58-61(55,56)59-46-48(51)50(53)54)60-49(52)42-40-38-36-34-32-30-28-26-20-18-16-14-12-10-8-6-4-2/h5,7,11,13,17-20,22-23,25,27,31,33,47-48H,3-4,6,8-10,12,14-16,21,24,26,28-30,32,34-46,51H2,1-2H3,(H,53,54)(H,55,56)/b7-5-,13-11-,19-17-,20-18-,23-22-,27-25-,33-31-.